The third-order valence-corrected chi connectivity index (χ3v) is 5.92. The van der Waals surface area contributed by atoms with Gasteiger partial charge in [-0.05, 0) is 25.1 Å². The molecule has 0 saturated carbocycles. The van der Waals surface area contributed by atoms with Crippen LogP contribution in [0.3, 0.4) is 0 Å². The Morgan fingerprint density at radius 2 is 2.19 bits per heavy atom. The van der Waals surface area contributed by atoms with Gasteiger partial charge in [0.1, 0.15) is 28.8 Å². The molecular formula is C21H17N5O5S. The Balaban J connectivity index is 1.35. The number of aryl methyl sites for hydroxylation is 1. The maximum atomic E-state index is 12.8. The van der Waals surface area contributed by atoms with Crippen LogP contribution in [0.2, 0.25) is 0 Å². The lowest BCUT2D eigenvalue weighted by Gasteiger charge is -2.03. The predicted molar refractivity (Wildman–Crippen MR) is 115 cm³/mol. The zero-order chi connectivity index (χ0) is 22.4. The van der Waals surface area contributed by atoms with Crippen molar-refractivity contribution in [3.8, 4) is 0 Å². The molecule has 0 aliphatic rings. The van der Waals surface area contributed by atoms with Crippen molar-refractivity contribution < 1.29 is 18.8 Å². The van der Waals surface area contributed by atoms with Crippen molar-refractivity contribution in [2.45, 2.75) is 26.0 Å². The molecule has 1 amide bonds. The number of thiophene rings is 1. The van der Waals surface area contributed by atoms with Gasteiger partial charge in [0, 0.05) is 17.2 Å². The molecule has 32 heavy (non-hydrogen) atoms. The van der Waals surface area contributed by atoms with Gasteiger partial charge in [0.15, 0.2) is 5.82 Å². The molecule has 0 aliphatic carbocycles. The Hall–Kier alpha value is -3.83. The van der Waals surface area contributed by atoms with Gasteiger partial charge in [-0.3, -0.25) is 14.2 Å². The summed E-state index contributed by atoms with van der Waals surface area (Å²) in [5.74, 6) is 0.132. The van der Waals surface area contributed by atoms with Crippen molar-refractivity contribution in [3.63, 3.8) is 0 Å². The molecule has 0 spiro atoms. The topological polar surface area (TPSA) is 150 Å². The second kappa shape index (κ2) is 7.70. The molecule has 4 heterocycles. The smallest absolute Gasteiger partial charge is 0.263 e. The summed E-state index contributed by atoms with van der Waals surface area (Å²) >= 11 is 1.17. The van der Waals surface area contributed by atoms with E-state index in [1.807, 2.05) is 25.1 Å². The fourth-order valence-corrected chi connectivity index (χ4v) is 4.35. The SMILES string of the molecule is Cc1ccc2oc([C@@H](O)Cc3noc(Cn4cnc5scc(C(N)=O)c5c4=O)n3)cc2c1. The third kappa shape index (κ3) is 3.57. The van der Waals surface area contributed by atoms with Crippen molar-refractivity contribution in [1.29, 1.82) is 0 Å². The summed E-state index contributed by atoms with van der Waals surface area (Å²) in [7, 11) is 0. The summed E-state index contributed by atoms with van der Waals surface area (Å²) in [5, 5.41) is 17.0. The summed E-state index contributed by atoms with van der Waals surface area (Å²) < 4.78 is 12.2. The van der Waals surface area contributed by atoms with E-state index in [2.05, 4.69) is 15.1 Å². The van der Waals surface area contributed by atoms with E-state index in [9.17, 15) is 14.7 Å². The first-order valence-corrected chi connectivity index (χ1v) is 10.5. The zero-order valence-corrected chi connectivity index (χ0v) is 17.6. The first kappa shape index (κ1) is 20.1. The number of aliphatic hydroxyl groups is 1. The number of aromatic nitrogens is 4. The number of furan rings is 1. The molecule has 0 saturated heterocycles. The second-order valence-electron chi connectivity index (χ2n) is 7.39. The third-order valence-electron chi connectivity index (χ3n) is 5.04. The number of benzene rings is 1. The monoisotopic (exact) mass is 451 g/mol. The Morgan fingerprint density at radius 3 is 3.00 bits per heavy atom. The van der Waals surface area contributed by atoms with Crippen LogP contribution in [0.1, 0.15) is 39.5 Å². The van der Waals surface area contributed by atoms with Gasteiger partial charge in [-0.15, -0.1) is 11.3 Å². The fourth-order valence-electron chi connectivity index (χ4n) is 3.47. The maximum Gasteiger partial charge on any atom is 0.263 e. The highest BCUT2D eigenvalue weighted by molar-refractivity contribution is 7.17. The Kier molecular flexibility index (Phi) is 4.83. The lowest BCUT2D eigenvalue weighted by molar-refractivity contribution is 0.100. The van der Waals surface area contributed by atoms with E-state index >= 15 is 0 Å². The zero-order valence-electron chi connectivity index (χ0n) is 16.8. The number of fused-ring (bicyclic) bond motifs is 2. The molecule has 162 valence electrons. The lowest BCUT2D eigenvalue weighted by atomic mass is 10.1. The van der Waals surface area contributed by atoms with Crippen LogP contribution in [0.25, 0.3) is 21.2 Å². The molecule has 5 aromatic rings. The number of hydrogen-bond acceptors (Lipinski definition) is 9. The second-order valence-corrected chi connectivity index (χ2v) is 8.24. The minimum atomic E-state index is -0.960. The highest BCUT2D eigenvalue weighted by Gasteiger charge is 2.19. The average Bonchev–Trinajstić information content (AvgIpc) is 3.48. The lowest BCUT2D eigenvalue weighted by Crippen LogP contribution is -2.23. The van der Waals surface area contributed by atoms with Gasteiger partial charge in [0.05, 0.1) is 17.3 Å². The van der Waals surface area contributed by atoms with E-state index in [0.29, 0.717) is 16.2 Å². The summed E-state index contributed by atoms with van der Waals surface area (Å²) in [6, 6.07) is 7.55. The highest BCUT2D eigenvalue weighted by atomic mass is 32.1. The van der Waals surface area contributed by atoms with Crippen molar-refractivity contribution >= 4 is 38.4 Å². The molecule has 5 rings (SSSR count). The van der Waals surface area contributed by atoms with E-state index in [4.69, 9.17) is 14.7 Å². The summed E-state index contributed by atoms with van der Waals surface area (Å²) in [6.07, 6.45) is 0.462. The molecule has 1 aromatic carbocycles. The number of hydrogen-bond donors (Lipinski definition) is 2. The molecule has 0 bridgehead atoms. The van der Waals surface area contributed by atoms with E-state index in [1.165, 1.54) is 27.6 Å². The number of aliphatic hydroxyl groups excluding tert-OH is 1. The quantitative estimate of drug-likeness (QED) is 0.399. The number of carbonyl (C=O) groups is 1. The van der Waals surface area contributed by atoms with Gasteiger partial charge in [0.2, 0.25) is 11.8 Å². The normalized spacial score (nSPS) is 12.6. The van der Waals surface area contributed by atoms with Crippen molar-refractivity contribution in [2.24, 2.45) is 5.73 Å². The van der Waals surface area contributed by atoms with E-state index in [1.54, 1.807) is 6.07 Å². The predicted octanol–water partition coefficient (Wildman–Crippen LogP) is 2.32. The van der Waals surface area contributed by atoms with Crippen molar-refractivity contribution in [1.82, 2.24) is 19.7 Å². The van der Waals surface area contributed by atoms with Crippen LogP contribution in [-0.4, -0.2) is 30.7 Å². The minimum Gasteiger partial charge on any atom is -0.458 e. The molecule has 10 nitrogen and oxygen atoms in total. The molecular weight excluding hydrogens is 434 g/mol. The number of primary amides is 1. The van der Waals surface area contributed by atoms with Crippen molar-refractivity contribution in [3.05, 3.63) is 74.9 Å². The Morgan fingerprint density at radius 1 is 1.34 bits per heavy atom. The van der Waals surface area contributed by atoms with Crippen LogP contribution in [0.5, 0.6) is 0 Å². The number of nitrogens with zero attached hydrogens (tertiary/aromatic N) is 4. The molecule has 3 N–H and O–H groups in total. The molecule has 0 unspecified atom stereocenters. The first-order valence-electron chi connectivity index (χ1n) is 9.65. The van der Waals surface area contributed by atoms with Crippen LogP contribution >= 0.6 is 11.3 Å². The number of carbonyl (C=O) groups excluding carboxylic acids is 1. The molecule has 0 radical (unpaired) electrons. The van der Waals surface area contributed by atoms with E-state index < -0.39 is 17.6 Å². The average molecular weight is 451 g/mol. The number of nitrogens with two attached hydrogens (primary N) is 1. The molecule has 0 aliphatic heterocycles. The van der Waals surface area contributed by atoms with Crippen LogP contribution in [0.4, 0.5) is 0 Å². The largest absolute Gasteiger partial charge is 0.458 e. The number of amides is 1. The van der Waals surface area contributed by atoms with Crippen LogP contribution < -0.4 is 11.3 Å². The highest BCUT2D eigenvalue weighted by Crippen LogP contribution is 2.26. The summed E-state index contributed by atoms with van der Waals surface area (Å²) in [5.41, 5.74) is 6.83. The number of rotatable bonds is 6. The van der Waals surface area contributed by atoms with Crippen LogP contribution in [0, 0.1) is 6.92 Å². The Bertz CT molecular complexity index is 1530. The maximum absolute atomic E-state index is 12.8. The summed E-state index contributed by atoms with van der Waals surface area (Å²) in [6.45, 7) is 1.94. The van der Waals surface area contributed by atoms with Crippen LogP contribution in [-0.2, 0) is 13.0 Å². The van der Waals surface area contributed by atoms with Crippen molar-refractivity contribution in [2.75, 3.05) is 0 Å². The van der Waals surface area contributed by atoms with E-state index in [0.717, 1.165) is 10.9 Å². The summed E-state index contributed by atoms with van der Waals surface area (Å²) in [4.78, 5) is 33.2. The standard InChI is InChI=1S/C21H17N5O5S/c1-10-2-3-14-11(4-10)5-15(30-14)13(27)6-16-24-17(31-25-16)7-26-9-23-20-18(21(26)29)12(8-32-20)19(22)28/h2-5,8-9,13,27H,6-7H2,1H3,(H2,22,28)/t13-/m0/s1. The van der Waals surface area contributed by atoms with Gasteiger partial charge in [0.25, 0.3) is 5.56 Å². The first-order chi connectivity index (χ1) is 15.4. The Labute approximate surface area is 183 Å². The minimum absolute atomic E-state index is 0.0389. The molecule has 4 aromatic heterocycles. The van der Waals surface area contributed by atoms with Gasteiger partial charge in [-0.2, -0.15) is 4.98 Å². The molecule has 11 heteroatoms. The van der Waals surface area contributed by atoms with Gasteiger partial charge in [-0.1, -0.05) is 16.8 Å². The molecule has 0 fully saturated rings. The van der Waals surface area contributed by atoms with E-state index in [-0.39, 0.29) is 35.6 Å². The van der Waals surface area contributed by atoms with Crippen LogP contribution in [0.15, 0.2) is 49.7 Å². The van der Waals surface area contributed by atoms with Gasteiger partial charge < -0.3 is 19.8 Å². The van der Waals surface area contributed by atoms with Gasteiger partial charge >= 0.3 is 0 Å². The molecule has 1 atom stereocenters. The fraction of sp³-hybridized carbons (Fsp3) is 0.190. The van der Waals surface area contributed by atoms with Gasteiger partial charge in [-0.25, -0.2) is 4.98 Å².